The molecule has 1 aliphatic carbocycles. The van der Waals surface area contributed by atoms with Crippen molar-refractivity contribution in [1.29, 1.82) is 0 Å². The fraction of sp³-hybridized carbons (Fsp3) is 0.722. The number of piperazine rings is 1. The normalized spacial score (nSPS) is 20.0. The second-order valence-corrected chi connectivity index (χ2v) is 7.45. The lowest BCUT2D eigenvalue weighted by Gasteiger charge is -2.37. The van der Waals surface area contributed by atoms with Gasteiger partial charge < -0.3 is 14.7 Å². The second kappa shape index (κ2) is 7.15. The van der Waals surface area contributed by atoms with Gasteiger partial charge >= 0.3 is 0 Å². The van der Waals surface area contributed by atoms with E-state index in [2.05, 4.69) is 15.4 Å². The molecule has 1 aliphatic heterocycles. The Labute approximate surface area is 148 Å². The highest BCUT2D eigenvalue weighted by molar-refractivity contribution is 5.96. The first-order chi connectivity index (χ1) is 11.9. The second-order valence-electron chi connectivity index (χ2n) is 7.45. The first-order valence-corrected chi connectivity index (χ1v) is 9.18. The number of nitrogens with zero attached hydrogens (tertiary/aromatic N) is 3. The van der Waals surface area contributed by atoms with Crippen LogP contribution in [0.3, 0.4) is 0 Å². The molecule has 0 bridgehead atoms. The van der Waals surface area contributed by atoms with Gasteiger partial charge in [0.05, 0.1) is 11.7 Å². The Morgan fingerprint density at radius 3 is 2.36 bits per heavy atom. The first kappa shape index (κ1) is 17.9. The third-order valence-corrected chi connectivity index (χ3v) is 5.08. The standard InChI is InChI=1S/C18H28N4O3/c1-11(2)16-15(12(3)20-25-16)18(24)22-9-7-21(8-10-22)13(4)17(23)19-14-5-6-14/h11,13-14H,5-10H2,1-4H3,(H,19,23). The van der Waals surface area contributed by atoms with Crippen molar-refractivity contribution in [2.45, 2.75) is 58.5 Å². The van der Waals surface area contributed by atoms with Gasteiger partial charge in [-0.2, -0.15) is 0 Å². The highest BCUT2D eigenvalue weighted by Crippen LogP contribution is 2.24. The van der Waals surface area contributed by atoms with E-state index in [9.17, 15) is 9.59 Å². The molecule has 138 valence electrons. The summed E-state index contributed by atoms with van der Waals surface area (Å²) in [5.41, 5.74) is 1.25. The van der Waals surface area contributed by atoms with Gasteiger partial charge in [-0.25, -0.2) is 0 Å². The number of hydrogen-bond donors (Lipinski definition) is 1. The van der Waals surface area contributed by atoms with Gasteiger partial charge in [0.15, 0.2) is 5.76 Å². The Kier molecular flexibility index (Phi) is 5.13. The molecule has 2 amide bonds. The SMILES string of the molecule is Cc1noc(C(C)C)c1C(=O)N1CCN(C(C)C(=O)NC2CC2)CC1. The minimum Gasteiger partial charge on any atom is -0.360 e. The predicted molar refractivity (Wildman–Crippen MR) is 93.4 cm³/mol. The molecule has 7 nitrogen and oxygen atoms in total. The molecule has 0 spiro atoms. The summed E-state index contributed by atoms with van der Waals surface area (Å²) in [7, 11) is 0. The zero-order chi connectivity index (χ0) is 18.1. The van der Waals surface area contributed by atoms with Crippen LogP contribution in [0.2, 0.25) is 0 Å². The van der Waals surface area contributed by atoms with Gasteiger partial charge in [-0.3, -0.25) is 14.5 Å². The summed E-state index contributed by atoms with van der Waals surface area (Å²) in [6.45, 7) is 10.4. The van der Waals surface area contributed by atoms with Crippen molar-refractivity contribution in [2.24, 2.45) is 0 Å². The van der Waals surface area contributed by atoms with Crippen LogP contribution in [0.25, 0.3) is 0 Å². The molecule has 3 rings (SSSR count). The van der Waals surface area contributed by atoms with Crippen molar-refractivity contribution in [3.05, 3.63) is 17.0 Å². The van der Waals surface area contributed by atoms with E-state index < -0.39 is 0 Å². The molecule has 1 saturated carbocycles. The van der Waals surface area contributed by atoms with Gasteiger partial charge in [0, 0.05) is 38.1 Å². The summed E-state index contributed by atoms with van der Waals surface area (Å²) in [6, 6.07) is 0.227. The summed E-state index contributed by atoms with van der Waals surface area (Å²) < 4.78 is 5.34. The molecule has 25 heavy (non-hydrogen) atoms. The monoisotopic (exact) mass is 348 g/mol. The molecule has 0 aromatic carbocycles. The van der Waals surface area contributed by atoms with Crippen LogP contribution in [-0.4, -0.2) is 65.0 Å². The molecule has 1 saturated heterocycles. The summed E-state index contributed by atoms with van der Waals surface area (Å²) in [4.78, 5) is 29.1. The number of carbonyl (C=O) groups excluding carboxylic acids is 2. The van der Waals surface area contributed by atoms with Gasteiger partial charge in [-0.1, -0.05) is 19.0 Å². The zero-order valence-electron chi connectivity index (χ0n) is 15.5. The van der Waals surface area contributed by atoms with E-state index in [0.29, 0.717) is 49.2 Å². The molecule has 7 heteroatoms. The van der Waals surface area contributed by atoms with Gasteiger partial charge in [-0.15, -0.1) is 0 Å². The van der Waals surface area contributed by atoms with E-state index >= 15 is 0 Å². The Hall–Kier alpha value is -1.89. The van der Waals surface area contributed by atoms with Crippen molar-refractivity contribution in [2.75, 3.05) is 26.2 Å². The van der Waals surface area contributed by atoms with Gasteiger partial charge in [-0.05, 0) is 26.7 Å². The number of aryl methyl sites for hydroxylation is 1. The molecule has 1 N–H and O–H groups in total. The average molecular weight is 348 g/mol. The number of rotatable bonds is 5. The average Bonchev–Trinajstić information content (AvgIpc) is 3.32. The lowest BCUT2D eigenvalue weighted by Crippen LogP contribution is -2.55. The molecule has 0 radical (unpaired) electrons. The minimum absolute atomic E-state index is 0.0165. The largest absolute Gasteiger partial charge is 0.360 e. The number of carbonyl (C=O) groups is 2. The van der Waals surface area contributed by atoms with Crippen LogP contribution >= 0.6 is 0 Å². The maximum atomic E-state index is 12.9. The van der Waals surface area contributed by atoms with E-state index in [-0.39, 0.29) is 23.8 Å². The third kappa shape index (κ3) is 3.86. The Morgan fingerprint density at radius 1 is 1.16 bits per heavy atom. The van der Waals surface area contributed by atoms with Gasteiger partial charge in [0.2, 0.25) is 5.91 Å². The van der Waals surface area contributed by atoms with Gasteiger partial charge in [0.1, 0.15) is 5.56 Å². The molecule has 1 atom stereocenters. The predicted octanol–water partition coefficient (Wildman–Crippen LogP) is 1.53. The number of nitrogens with one attached hydrogen (secondary N) is 1. The topological polar surface area (TPSA) is 78.7 Å². The van der Waals surface area contributed by atoms with Crippen molar-refractivity contribution in [3.63, 3.8) is 0 Å². The maximum absolute atomic E-state index is 12.9. The number of amides is 2. The van der Waals surface area contributed by atoms with Crippen LogP contribution in [0, 0.1) is 6.92 Å². The molecule has 2 fully saturated rings. The molecular weight excluding hydrogens is 320 g/mol. The van der Waals surface area contributed by atoms with Crippen LogP contribution < -0.4 is 5.32 Å². The number of aromatic nitrogens is 1. The van der Waals surface area contributed by atoms with E-state index in [1.807, 2.05) is 32.6 Å². The highest BCUT2D eigenvalue weighted by atomic mass is 16.5. The van der Waals surface area contributed by atoms with E-state index in [4.69, 9.17) is 4.52 Å². The summed E-state index contributed by atoms with van der Waals surface area (Å²) >= 11 is 0. The van der Waals surface area contributed by atoms with Crippen LogP contribution in [0.15, 0.2) is 4.52 Å². The summed E-state index contributed by atoms with van der Waals surface area (Å²) in [6.07, 6.45) is 2.19. The van der Waals surface area contributed by atoms with Crippen molar-refractivity contribution >= 4 is 11.8 Å². The van der Waals surface area contributed by atoms with Crippen LogP contribution in [0.5, 0.6) is 0 Å². The van der Waals surface area contributed by atoms with Gasteiger partial charge in [0.25, 0.3) is 5.91 Å². The fourth-order valence-electron chi connectivity index (χ4n) is 3.23. The van der Waals surface area contributed by atoms with Crippen molar-refractivity contribution < 1.29 is 14.1 Å². The molecule has 2 aliphatic rings. The summed E-state index contributed by atoms with van der Waals surface area (Å²) in [5.74, 6) is 0.853. The number of hydrogen-bond acceptors (Lipinski definition) is 5. The zero-order valence-corrected chi connectivity index (χ0v) is 15.5. The maximum Gasteiger partial charge on any atom is 0.259 e. The van der Waals surface area contributed by atoms with Crippen LogP contribution in [-0.2, 0) is 4.79 Å². The molecule has 1 unspecified atom stereocenters. The van der Waals surface area contributed by atoms with Crippen molar-refractivity contribution in [3.8, 4) is 0 Å². The molecular formula is C18H28N4O3. The molecule has 1 aromatic rings. The highest BCUT2D eigenvalue weighted by Gasteiger charge is 2.33. The summed E-state index contributed by atoms with van der Waals surface area (Å²) in [5, 5.41) is 7.02. The minimum atomic E-state index is -0.151. The Balaban J connectivity index is 1.59. The lowest BCUT2D eigenvalue weighted by atomic mass is 10.0. The van der Waals surface area contributed by atoms with Crippen LogP contribution in [0.4, 0.5) is 0 Å². The quantitative estimate of drug-likeness (QED) is 0.873. The lowest BCUT2D eigenvalue weighted by molar-refractivity contribution is -0.126. The Morgan fingerprint density at radius 2 is 1.80 bits per heavy atom. The van der Waals surface area contributed by atoms with E-state index in [1.165, 1.54) is 0 Å². The Bertz CT molecular complexity index is 643. The van der Waals surface area contributed by atoms with Crippen molar-refractivity contribution in [1.82, 2.24) is 20.3 Å². The fourth-order valence-corrected chi connectivity index (χ4v) is 3.23. The smallest absolute Gasteiger partial charge is 0.259 e. The first-order valence-electron chi connectivity index (χ1n) is 9.18. The molecule has 2 heterocycles. The molecule has 1 aromatic heterocycles. The van der Waals surface area contributed by atoms with E-state index in [1.54, 1.807) is 0 Å². The third-order valence-electron chi connectivity index (χ3n) is 5.08. The van der Waals surface area contributed by atoms with Crippen LogP contribution in [0.1, 0.15) is 61.3 Å². The van der Waals surface area contributed by atoms with E-state index in [0.717, 1.165) is 12.8 Å².